The summed E-state index contributed by atoms with van der Waals surface area (Å²) < 4.78 is 61.2. The van der Waals surface area contributed by atoms with Gasteiger partial charge in [-0.1, -0.05) is 11.6 Å². The van der Waals surface area contributed by atoms with E-state index in [2.05, 4.69) is 5.32 Å². The molecule has 1 rings (SSSR count). The van der Waals surface area contributed by atoms with Crippen LogP contribution in [-0.4, -0.2) is 39.5 Å². The van der Waals surface area contributed by atoms with Crippen LogP contribution in [0.5, 0.6) is 0 Å². The first-order valence-corrected chi connectivity index (χ1v) is 7.36. The first-order chi connectivity index (χ1) is 9.08. The fraction of sp³-hybridized carbons (Fsp3) is 0.455. The van der Waals surface area contributed by atoms with E-state index in [0.717, 1.165) is 7.05 Å². The highest BCUT2D eigenvalue weighted by Gasteiger charge is 2.34. The van der Waals surface area contributed by atoms with Gasteiger partial charge in [0, 0.05) is 18.6 Å². The second kappa shape index (κ2) is 6.30. The fourth-order valence-electron chi connectivity index (χ4n) is 1.55. The van der Waals surface area contributed by atoms with E-state index in [1.807, 2.05) is 0 Å². The SMILES string of the molecule is CNCc1cc(S(=O)(=O)N(C)CC(F)(F)F)ccc1Cl. The third-order valence-electron chi connectivity index (χ3n) is 2.49. The maximum atomic E-state index is 12.3. The molecule has 114 valence electrons. The summed E-state index contributed by atoms with van der Waals surface area (Å²) in [5, 5.41) is 3.14. The molecule has 0 saturated carbocycles. The molecule has 0 aliphatic rings. The monoisotopic (exact) mass is 330 g/mol. The van der Waals surface area contributed by atoms with Crippen molar-refractivity contribution in [3.05, 3.63) is 28.8 Å². The van der Waals surface area contributed by atoms with Crippen molar-refractivity contribution in [2.24, 2.45) is 0 Å². The molecule has 1 aromatic carbocycles. The third kappa shape index (κ3) is 4.34. The number of nitrogens with zero attached hydrogens (tertiary/aromatic N) is 1. The lowest BCUT2D eigenvalue weighted by Crippen LogP contribution is -2.35. The van der Waals surface area contributed by atoms with E-state index in [0.29, 0.717) is 17.1 Å². The van der Waals surface area contributed by atoms with Crippen LogP contribution in [0.25, 0.3) is 0 Å². The second-order valence-corrected chi connectivity index (χ2v) is 6.61. The Morgan fingerprint density at radius 2 is 1.95 bits per heavy atom. The Morgan fingerprint density at radius 1 is 1.35 bits per heavy atom. The van der Waals surface area contributed by atoms with Crippen molar-refractivity contribution in [2.45, 2.75) is 17.6 Å². The Kier molecular flexibility index (Phi) is 5.42. The van der Waals surface area contributed by atoms with Crippen LogP contribution in [0.4, 0.5) is 13.2 Å². The quantitative estimate of drug-likeness (QED) is 0.901. The summed E-state index contributed by atoms with van der Waals surface area (Å²) in [6.45, 7) is -1.23. The maximum absolute atomic E-state index is 12.3. The predicted molar refractivity (Wildman–Crippen MR) is 70.1 cm³/mol. The summed E-state index contributed by atoms with van der Waals surface area (Å²) in [5.74, 6) is 0. The molecule has 0 aromatic heterocycles. The van der Waals surface area contributed by atoms with Gasteiger partial charge < -0.3 is 5.32 Å². The molecule has 0 heterocycles. The molecule has 0 radical (unpaired) electrons. The molecule has 0 saturated heterocycles. The first kappa shape index (κ1) is 17.2. The Bertz CT molecular complexity index is 576. The van der Waals surface area contributed by atoms with Crippen LogP contribution in [0, 0.1) is 0 Å². The van der Waals surface area contributed by atoms with E-state index >= 15 is 0 Å². The van der Waals surface area contributed by atoms with Gasteiger partial charge in [0.15, 0.2) is 0 Å². The lowest BCUT2D eigenvalue weighted by molar-refractivity contribution is -0.134. The van der Waals surface area contributed by atoms with Gasteiger partial charge in [0.1, 0.15) is 6.54 Å². The molecular weight excluding hydrogens is 317 g/mol. The number of hydrogen-bond acceptors (Lipinski definition) is 3. The first-order valence-electron chi connectivity index (χ1n) is 5.54. The lowest BCUT2D eigenvalue weighted by Gasteiger charge is -2.19. The van der Waals surface area contributed by atoms with Gasteiger partial charge >= 0.3 is 6.18 Å². The smallest absolute Gasteiger partial charge is 0.316 e. The number of nitrogens with one attached hydrogen (secondary N) is 1. The molecule has 0 aliphatic heterocycles. The minimum Gasteiger partial charge on any atom is -0.316 e. The third-order valence-corrected chi connectivity index (χ3v) is 4.66. The topological polar surface area (TPSA) is 49.4 Å². The second-order valence-electron chi connectivity index (χ2n) is 4.16. The molecule has 4 nitrogen and oxygen atoms in total. The molecule has 0 aliphatic carbocycles. The van der Waals surface area contributed by atoms with Crippen LogP contribution < -0.4 is 5.32 Å². The van der Waals surface area contributed by atoms with Gasteiger partial charge in [-0.2, -0.15) is 17.5 Å². The average molecular weight is 331 g/mol. The van der Waals surface area contributed by atoms with Crippen molar-refractivity contribution in [2.75, 3.05) is 20.6 Å². The van der Waals surface area contributed by atoms with E-state index < -0.39 is 22.7 Å². The summed E-state index contributed by atoms with van der Waals surface area (Å²) in [6, 6.07) is 3.80. The molecule has 9 heteroatoms. The van der Waals surface area contributed by atoms with Crippen molar-refractivity contribution in [1.82, 2.24) is 9.62 Å². The summed E-state index contributed by atoms with van der Waals surface area (Å²) in [6.07, 6.45) is -4.60. The van der Waals surface area contributed by atoms with Crippen molar-refractivity contribution in [3.63, 3.8) is 0 Å². The standard InChI is InChI=1S/C11H14ClF3N2O2S/c1-16-6-8-5-9(3-4-10(8)12)20(18,19)17(2)7-11(13,14)15/h3-5,16H,6-7H2,1-2H3. The minimum absolute atomic E-state index is 0.223. The number of rotatable bonds is 5. The summed E-state index contributed by atoms with van der Waals surface area (Å²) in [4.78, 5) is -0.223. The zero-order valence-electron chi connectivity index (χ0n) is 10.8. The van der Waals surface area contributed by atoms with Gasteiger partial charge in [0.2, 0.25) is 10.0 Å². The molecule has 0 atom stereocenters. The van der Waals surface area contributed by atoms with E-state index in [1.165, 1.54) is 18.2 Å². The molecule has 1 aromatic rings. The number of benzene rings is 1. The Labute approximate surface area is 120 Å². The van der Waals surface area contributed by atoms with Crippen LogP contribution in [0.3, 0.4) is 0 Å². The normalized spacial score (nSPS) is 12.9. The van der Waals surface area contributed by atoms with E-state index in [-0.39, 0.29) is 9.20 Å². The fourth-order valence-corrected chi connectivity index (χ4v) is 2.95. The summed E-state index contributed by atoms with van der Waals surface area (Å²) >= 11 is 5.88. The van der Waals surface area contributed by atoms with Crippen molar-refractivity contribution < 1.29 is 21.6 Å². The Morgan fingerprint density at radius 3 is 2.45 bits per heavy atom. The van der Waals surface area contributed by atoms with Crippen LogP contribution in [-0.2, 0) is 16.6 Å². The van der Waals surface area contributed by atoms with Crippen molar-refractivity contribution in [1.29, 1.82) is 0 Å². The van der Waals surface area contributed by atoms with E-state index in [9.17, 15) is 21.6 Å². The van der Waals surface area contributed by atoms with E-state index in [4.69, 9.17) is 11.6 Å². The largest absolute Gasteiger partial charge is 0.402 e. The number of sulfonamides is 1. The van der Waals surface area contributed by atoms with Gasteiger partial charge in [-0.05, 0) is 30.8 Å². The maximum Gasteiger partial charge on any atom is 0.402 e. The number of alkyl halides is 3. The summed E-state index contributed by atoms with van der Waals surface area (Å²) in [7, 11) is -1.67. The van der Waals surface area contributed by atoms with Crippen molar-refractivity contribution in [3.8, 4) is 0 Å². The van der Waals surface area contributed by atoms with Crippen molar-refractivity contribution >= 4 is 21.6 Å². The zero-order valence-corrected chi connectivity index (χ0v) is 12.4. The number of hydrogen-bond donors (Lipinski definition) is 1. The highest BCUT2D eigenvalue weighted by atomic mass is 35.5. The number of halogens is 4. The van der Waals surface area contributed by atoms with Gasteiger partial charge in [-0.3, -0.25) is 0 Å². The highest BCUT2D eigenvalue weighted by Crippen LogP contribution is 2.24. The molecular formula is C11H14ClF3N2O2S. The van der Waals surface area contributed by atoms with Crippen LogP contribution in [0.15, 0.2) is 23.1 Å². The van der Waals surface area contributed by atoms with Gasteiger partial charge in [-0.25, -0.2) is 8.42 Å². The van der Waals surface area contributed by atoms with E-state index in [1.54, 1.807) is 7.05 Å². The molecule has 0 amide bonds. The molecule has 1 N–H and O–H groups in total. The molecule has 20 heavy (non-hydrogen) atoms. The molecule has 0 fully saturated rings. The highest BCUT2D eigenvalue weighted by molar-refractivity contribution is 7.89. The Hall–Kier alpha value is -0.830. The molecule has 0 unspecified atom stereocenters. The molecule has 0 bridgehead atoms. The Balaban J connectivity index is 3.12. The van der Waals surface area contributed by atoms with Gasteiger partial charge in [0.25, 0.3) is 0 Å². The predicted octanol–water partition coefficient (Wildman–Crippen LogP) is 2.24. The van der Waals surface area contributed by atoms with Crippen LogP contribution >= 0.6 is 11.6 Å². The average Bonchev–Trinajstić information content (AvgIpc) is 2.29. The lowest BCUT2D eigenvalue weighted by atomic mass is 10.2. The van der Waals surface area contributed by atoms with Gasteiger partial charge in [0.05, 0.1) is 4.90 Å². The zero-order chi connectivity index (χ0) is 15.6. The van der Waals surface area contributed by atoms with Crippen LogP contribution in [0.1, 0.15) is 5.56 Å². The van der Waals surface area contributed by atoms with Crippen LogP contribution in [0.2, 0.25) is 5.02 Å². The molecule has 0 spiro atoms. The van der Waals surface area contributed by atoms with Gasteiger partial charge in [-0.15, -0.1) is 0 Å². The summed E-state index contributed by atoms with van der Waals surface area (Å²) in [5.41, 5.74) is 0.496. The minimum atomic E-state index is -4.60.